The molecule has 6 heteroatoms. The maximum Gasteiger partial charge on any atom is 0.194 e. The monoisotopic (exact) mass is 371 g/mol. The van der Waals surface area contributed by atoms with Crippen LogP contribution in [0, 0.1) is 0 Å². The SMILES string of the molecule is CCNC(=NCC(C)Oc1ccccc1)N(C)Cc1cn(C)nc1C(C)C. The molecule has 1 aromatic carbocycles. The Hall–Kier alpha value is -2.50. The zero-order valence-corrected chi connectivity index (χ0v) is 17.4. The summed E-state index contributed by atoms with van der Waals surface area (Å²) < 4.78 is 7.82. The fourth-order valence-corrected chi connectivity index (χ4v) is 2.95. The van der Waals surface area contributed by atoms with E-state index in [9.17, 15) is 0 Å². The van der Waals surface area contributed by atoms with Crippen LogP contribution in [0.25, 0.3) is 0 Å². The molecule has 0 bridgehead atoms. The van der Waals surface area contributed by atoms with Gasteiger partial charge in [-0.3, -0.25) is 4.68 Å². The van der Waals surface area contributed by atoms with E-state index in [0.717, 1.165) is 30.5 Å². The van der Waals surface area contributed by atoms with Crippen LogP contribution in [0.1, 0.15) is 44.9 Å². The van der Waals surface area contributed by atoms with Crippen LogP contribution >= 0.6 is 0 Å². The molecule has 1 heterocycles. The fourth-order valence-electron chi connectivity index (χ4n) is 2.95. The van der Waals surface area contributed by atoms with Crippen molar-refractivity contribution in [1.82, 2.24) is 20.0 Å². The van der Waals surface area contributed by atoms with Crippen LogP contribution in [0.15, 0.2) is 41.5 Å². The molecule has 0 saturated carbocycles. The Kier molecular flexibility index (Phi) is 7.70. The minimum atomic E-state index is -0.000858. The van der Waals surface area contributed by atoms with Crippen LogP contribution in [0.5, 0.6) is 5.75 Å². The van der Waals surface area contributed by atoms with Crippen LogP contribution in [-0.4, -0.2) is 46.9 Å². The number of benzene rings is 1. The molecule has 0 amide bonds. The van der Waals surface area contributed by atoms with Crippen molar-refractivity contribution >= 4 is 5.96 Å². The first-order valence-corrected chi connectivity index (χ1v) is 9.64. The van der Waals surface area contributed by atoms with E-state index in [-0.39, 0.29) is 6.10 Å². The molecule has 1 aromatic heterocycles. The molecular formula is C21H33N5O. The van der Waals surface area contributed by atoms with Gasteiger partial charge in [-0.25, -0.2) is 4.99 Å². The number of rotatable bonds is 8. The second kappa shape index (κ2) is 10.00. The van der Waals surface area contributed by atoms with Crippen molar-refractivity contribution in [3.63, 3.8) is 0 Å². The Morgan fingerprint density at radius 1 is 1.26 bits per heavy atom. The summed E-state index contributed by atoms with van der Waals surface area (Å²) in [6, 6.07) is 9.87. The highest BCUT2D eigenvalue weighted by atomic mass is 16.5. The standard InChI is InChI=1S/C21H33N5O/c1-7-22-21(23-13-17(4)27-19-11-9-8-10-12-19)25(5)14-18-15-26(6)24-20(18)16(2)3/h8-12,15-17H,7,13-14H2,1-6H3,(H,22,23). The summed E-state index contributed by atoms with van der Waals surface area (Å²) in [5.41, 5.74) is 2.37. The smallest absolute Gasteiger partial charge is 0.194 e. The van der Waals surface area contributed by atoms with Gasteiger partial charge >= 0.3 is 0 Å². The van der Waals surface area contributed by atoms with Crippen LogP contribution in [0.2, 0.25) is 0 Å². The van der Waals surface area contributed by atoms with Crippen molar-refractivity contribution < 1.29 is 4.74 Å². The number of ether oxygens (including phenoxy) is 1. The molecular weight excluding hydrogens is 338 g/mol. The van der Waals surface area contributed by atoms with E-state index in [1.54, 1.807) is 0 Å². The van der Waals surface area contributed by atoms with Crippen LogP contribution in [-0.2, 0) is 13.6 Å². The molecule has 0 saturated heterocycles. The summed E-state index contributed by atoms with van der Waals surface area (Å²) >= 11 is 0. The molecule has 0 aliphatic rings. The third-order valence-corrected chi connectivity index (χ3v) is 4.17. The molecule has 1 N–H and O–H groups in total. The predicted molar refractivity (Wildman–Crippen MR) is 111 cm³/mol. The van der Waals surface area contributed by atoms with Gasteiger partial charge in [0.05, 0.1) is 12.2 Å². The van der Waals surface area contributed by atoms with Crippen LogP contribution in [0.3, 0.4) is 0 Å². The molecule has 148 valence electrons. The Labute approximate surface area is 163 Å². The van der Waals surface area contributed by atoms with Crippen molar-refractivity contribution in [2.45, 2.75) is 46.3 Å². The summed E-state index contributed by atoms with van der Waals surface area (Å²) in [6.07, 6.45) is 2.09. The van der Waals surface area contributed by atoms with E-state index in [1.807, 2.05) is 49.0 Å². The molecule has 0 radical (unpaired) electrons. The third-order valence-electron chi connectivity index (χ3n) is 4.17. The highest BCUT2D eigenvalue weighted by Gasteiger charge is 2.15. The molecule has 27 heavy (non-hydrogen) atoms. The number of aromatic nitrogens is 2. The van der Waals surface area contributed by atoms with Crippen LogP contribution in [0.4, 0.5) is 0 Å². The number of para-hydroxylation sites is 1. The summed E-state index contributed by atoms with van der Waals surface area (Å²) in [5, 5.41) is 7.97. The minimum Gasteiger partial charge on any atom is -0.489 e. The third kappa shape index (κ3) is 6.31. The van der Waals surface area contributed by atoms with Gasteiger partial charge in [0.1, 0.15) is 11.9 Å². The first kappa shape index (κ1) is 20.8. The molecule has 1 unspecified atom stereocenters. The maximum absolute atomic E-state index is 5.93. The van der Waals surface area contributed by atoms with Crippen molar-refractivity contribution in [2.75, 3.05) is 20.1 Å². The Balaban J connectivity index is 2.03. The highest BCUT2D eigenvalue weighted by molar-refractivity contribution is 5.79. The van der Waals surface area contributed by atoms with Crippen molar-refractivity contribution in [3.8, 4) is 5.75 Å². The van der Waals surface area contributed by atoms with Gasteiger partial charge in [0, 0.05) is 38.9 Å². The summed E-state index contributed by atoms with van der Waals surface area (Å²) in [7, 11) is 4.03. The second-order valence-corrected chi connectivity index (χ2v) is 7.16. The lowest BCUT2D eigenvalue weighted by Crippen LogP contribution is -2.39. The van der Waals surface area contributed by atoms with Gasteiger partial charge in [-0.15, -0.1) is 0 Å². The Bertz CT molecular complexity index is 723. The van der Waals surface area contributed by atoms with E-state index >= 15 is 0 Å². The molecule has 2 aromatic rings. The van der Waals surface area contributed by atoms with E-state index in [1.165, 1.54) is 5.56 Å². The van der Waals surface area contributed by atoms with E-state index in [0.29, 0.717) is 12.5 Å². The van der Waals surface area contributed by atoms with Gasteiger partial charge < -0.3 is 15.0 Å². The molecule has 0 fully saturated rings. The normalized spacial score (nSPS) is 12.9. The highest BCUT2D eigenvalue weighted by Crippen LogP contribution is 2.18. The first-order valence-electron chi connectivity index (χ1n) is 9.64. The molecule has 0 aliphatic carbocycles. The van der Waals surface area contributed by atoms with Gasteiger partial charge in [-0.05, 0) is 31.9 Å². The molecule has 0 aliphatic heterocycles. The number of aryl methyl sites for hydroxylation is 1. The van der Waals surface area contributed by atoms with E-state index in [2.05, 4.69) is 49.3 Å². The van der Waals surface area contributed by atoms with E-state index in [4.69, 9.17) is 9.73 Å². The maximum atomic E-state index is 5.93. The molecule has 2 rings (SSSR count). The molecule has 0 spiro atoms. The lowest BCUT2D eigenvalue weighted by molar-refractivity contribution is 0.229. The Morgan fingerprint density at radius 3 is 2.59 bits per heavy atom. The zero-order valence-electron chi connectivity index (χ0n) is 17.4. The lowest BCUT2D eigenvalue weighted by atomic mass is 10.1. The summed E-state index contributed by atoms with van der Waals surface area (Å²) in [5.74, 6) is 2.14. The van der Waals surface area contributed by atoms with Crippen molar-refractivity contribution in [3.05, 3.63) is 47.8 Å². The van der Waals surface area contributed by atoms with Crippen molar-refractivity contribution in [1.29, 1.82) is 0 Å². The molecule has 1 atom stereocenters. The fraction of sp³-hybridized carbons (Fsp3) is 0.524. The molecule has 6 nitrogen and oxygen atoms in total. The van der Waals surface area contributed by atoms with Gasteiger partial charge in [0.15, 0.2) is 5.96 Å². The number of nitrogens with one attached hydrogen (secondary N) is 1. The van der Waals surface area contributed by atoms with Gasteiger partial charge in [0.25, 0.3) is 0 Å². The average molecular weight is 372 g/mol. The van der Waals surface area contributed by atoms with E-state index < -0.39 is 0 Å². The largest absolute Gasteiger partial charge is 0.489 e. The Morgan fingerprint density at radius 2 is 1.96 bits per heavy atom. The second-order valence-electron chi connectivity index (χ2n) is 7.16. The number of hydrogen-bond acceptors (Lipinski definition) is 3. The minimum absolute atomic E-state index is 0.000858. The van der Waals surface area contributed by atoms with Crippen molar-refractivity contribution in [2.24, 2.45) is 12.0 Å². The van der Waals surface area contributed by atoms with Gasteiger partial charge in [-0.2, -0.15) is 5.10 Å². The van der Waals surface area contributed by atoms with Crippen LogP contribution < -0.4 is 10.1 Å². The lowest BCUT2D eigenvalue weighted by Gasteiger charge is -2.23. The summed E-state index contributed by atoms with van der Waals surface area (Å²) in [4.78, 5) is 6.91. The zero-order chi connectivity index (χ0) is 19.8. The first-order chi connectivity index (χ1) is 12.9. The predicted octanol–water partition coefficient (Wildman–Crippen LogP) is 3.41. The number of hydrogen-bond donors (Lipinski definition) is 1. The van der Waals surface area contributed by atoms with Gasteiger partial charge in [0.2, 0.25) is 0 Å². The average Bonchev–Trinajstić information content (AvgIpc) is 3.00. The quantitative estimate of drug-likeness (QED) is 0.571. The topological polar surface area (TPSA) is 54.7 Å². The number of guanidine groups is 1. The van der Waals surface area contributed by atoms with Gasteiger partial charge in [-0.1, -0.05) is 32.0 Å². The number of nitrogens with zero attached hydrogens (tertiary/aromatic N) is 4. The summed E-state index contributed by atoms with van der Waals surface area (Å²) in [6.45, 7) is 10.6. The number of aliphatic imine (C=N–C) groups is 1.